The highest BCUT2D eigenvalue weighted by atomic mass is 35.5. The van der Waals surface area contributed by atoms with Crippen LogP contribution in [0.2, 0.25) is 10.0 Å². The highest BCUT2D eigenvalue weighted by molar-refractivity contribution is 6.31. The van der Waals surface area contributed by atoms with Crippen LogP contribution in [0.15, 0.2) is 73.4 Å². The van der Waals surface area contributed by atoms with E-state index in [2.05, 4.69) is 25.6 Å². The van der Waals surface area contributed by atoms with Crippen molar-refractivity contribution in [3.8, 4) is 17.1 Å². The number of benzene rings is 2. The number of nitrogens with one attached hydrogen (secondary N) is 1. The van der Waals surface area contributed by atoms with E-state index >= 15 is 0 Å². The van der Waals surface area contributed by atoms with Crippen LogP contribution < -0.4 is 4.74 Å². The van der Waals surface area contributed by atoms with Crippen LogP contribution in [0.1, 0.15) is 35.6 Å². The van der Waals surface area contributed by atoms with Crippen LogP contribution in [0, 0.1) is 0 Å². The Balaban J connectivity index is 1.34. The van der Waals surface area contributed by atoms with Crippen molar-refractivity contribution in [1.82, 2.24) is 19.5 Å². The second-order valence-electron chi connectivity index (χ2n) is 8.59. The zero-order valence-corrected chi connectivity index (χ0v) is 19.9. The third kappa shape index (κ3) is 3.85. The molecule has 0 fully saturated rings. The second-order valence-corrected chi connectivity index (χ2v) is 9.43. The Morgan fingerprint density at radius 1 is 1.09 bits per heavy atom. The van der Waals surface area contributed by atoms with Gasteiger partial charge in [-0.25, -0.2) is 9.97 Å². The van der Waals surface area contributed by atoms with Crippen LogP contribution in [0.4, 0.5) is 0 Å². The SMILES string of the molecule is Clc1ccc(COc2cc3c(-c4cncn4C4CCCc5c(Cl)cccc54)c[nH]c3cn2)cc1. The number of nitrogens with zero attached hydrogens (tertiary/aromatic N) is 3. The average Bonchev–Trinajstić information content (AvgIpc) is 3.50. The monoisotopic (exact) mass is 488 g/mol. The van der Waals surface area contributed by atoms with E-state index in [1.54, 1.807) is 0 Å². The fourth-order valence-electron chi connectivity index (χ4n) is 4.86. The normalized spacial score (nSPS) is 15.4. The minimum absolute atomic E-state index is 0.201. The van der Waals surface area contributed by atoms with Crippen molar-refractivity contribution in [3.63, 3.8) is 0 Å². The molecule has 0 radical (unpaired) electrons. The summed E-state index contributed by atoms with van der Waals surface area (Å²) in [5.74, 6) is 0.573. The van der Waals surface area contributed by atoms with Gasteiger partial charge in [0.2, 0.25) is 5.88 Å². The maximum atomic E-state index is 6.53. The van der Waals surface area contributed by atoms with E-state index in [0.29, 0.717) is 17.5 Å². The Kier molecular flexibility index (Phi) is 5.52. The zero-order valence-electron chi connectivity index (χ0n) is 18.3. The van der Waals surface area contributed by atoms with Crippen molar-refractivity contribution < 1.29 is 4.74 Å². The summed E-state index contributed by atoms with van der Waals surface area (Å²) in [5.41, 5.74) is 6.65. The van der Waals surface area contributed by atoms with Crippen LogP contribution in [-0.2, 0) is 13.0 Å². The van der Waals surface area contributed by atoms with Crippen molar-refractivity contribution in [2.45, 2.75) is 31.9 Å². The topological polar surface area (TPSA) is 55.7 Å². The summed E-state index contributed by atoms with van der Waals surface area (Å²) < 4.78 is 8.25. The van der Waals surface area contributed by atoms with Crippen LogP contribution in [-0.4, -0.2) is 19.5 Å². The number of fused-ring (bicyclic) bond motifs is 2. The molecule has 3 aromatic heterocycles. The molecule has 0 aliphatic heterocycles. The molecule has 2 aromatic carbocycles. The Labute approximate surface area is 207 Å². The minimum Gasteiger partial charge on any atom is -0.473 e. The Hall–Kier alpha value is -3.28. The molecule has 7 heteroatoms. The highest BCUT2D eigenvalue weighted by Crippen LogP contribution is 2.39. The van der Waals surface area contributed by atoms with Gasteiger partial charge in [-0.15, -0.1) is 0 Å². The molecule has 0 amide bonds. The lowest BCUT2D eigenvalue weighted by atomic mass is 9.87. The van der Waals surface area contributed by atoms with E-state index in [1.165, 1.54) is 11.1 Å². The van der Waals surface area contributed by atoms with Crippen molar-refractivity contribution in [2.75, 3.05) is 0 Å². The Bertz CT molecular complexity index is 1470. The first-order valence-corrected chi connectivity index (χ1v) is 12.1. The summed E-state index contributed by atoms with van der Waals surface area (Å²) >= 11 is 12.5. The van der Waals surface area contributed by atoms with Crippen molar-refractivity contribution in [3.05, 3.63) is 100 Å². The molecule has 1 N–H and O–H groups in total. The van der Waals surface area contributed by atoms with Crippen LogP contribution in [0.25, 0.3) is 22.2 Å². The molecule has 0 saturated carbocycles. The molecule has 34 heavy (non-hydrogen) atoms. The lowest BCUT2D eigenvalue weighted by Crippen LogP contribution is -2.17. The number of aromatic nitrogens is 4. The number of imidazole rings is 1. The van der Waals surface area contributed by atoms with Crippen LogP contribution >= 0.6 is 23.2 Å². The molecular weight excluding hydrogens is 467 g/mol. The molecule has 1 aliphatic rings. The van der Waals surface area contributed by atoms with Gasteiger partial charge in [0.1, 0.15) is 6.61 Å². The molecule has 5 nitrogen and oxygen atoms in total. The molecular formula is C27H22Cl2N4O. The number of aromatic amines is 1. The average molecular weight is 489 g/mol. The van der Waals surface area contributed by atoms with E-state index in [9.17, 15) is 0 Å². The predicted molar refractivity (Wildman–Crippen MR) is 136 cm³/mol. The molecule has 1 aliphatic carbocycles. The summed E-state index contributed by atoms with van der Waals surface area (Å²) in [6.45, 7) is 0.424. The fraction of sp³-hybridized carbons (Fsp3) is 0.185. The fourth-order valence-corrected chi connectivity index (χ4v) is 5.26. The molecule has 3 heterocycles. The third-order valence-electron chi connectivity index (χ3n) is 6.54. The van der Waals surface area contributed by atoms with Gasteiger partial charge in [-0.2, -0.15) is 0 Å². The number of hydrogen-bond acceptors (Lipinski definition) is 3. The van der Waals surface area contributed by atoms with Gasteiger partial charge in [-0.05, 0) is 54.2 Å². The van der Waals surface area contributed by atoms with Crippen LogP contribution in [0.5, 0.6) is 5.88 Å². The molecule has 0 spiro atoms. The summed E-state index contributed by atoms with van der Waals surface area (Å²) in [4.78, 5) is 12.3. The van der Waals surface area contributed by atoms with E-state index in [4.69, 9.17) is 27.9 Å². The number of ether oxygens (including phenoxy) is 1. The zero-order chi connectivity index (χ0) is 23.1. The third-order valence-corrected chi connectivity index (χ3v) is 7.14. The maximum Gasteiger partial charge on any atom is 0.214 e. The second kappa shape index (κ2) is 8.82. The van der Waals surface area contributed by atoms with E-state index in [0.717, 1.165) is 52.0 Å². The van der Waals surface area contributed by atoms with Gasteiger partial charge < -0.3 is 14.3 Å². The van der Waals surface area contributed by atoms with Gasteiger partial charge in [0.25, 0.3) is 0 Å². The van der Waals surface area contributed by atoms with Gasteiger partial charge in [0, 0.05) is 33.3 Å². The van der Waals surface area contributed by atoms with Gasteiger partial charge in [0.15, 0.2) is 0 Å². The largest absolute Gasteiger partial charge is 0.473 e. The smallest absolute Gasteiger partial charge is 0.214 e. The van der Waals surface area contributed by atoms with Gasteiger partial charge in [-0.3, -0.25) is 0 Å². The summed E-state index contributed by atoms with van der Waals surface area (Å²) in [6, 6.07) is 16.0. The van der Waals surface area contributed by atoms with E-state index in [1.807, 2.05) is 67.4 Å². The quantitative estimate of drug-likeness (QED) is 0.283. The number of rotatable bonds is 5. The van der Waals surface area contributed by atoms with Gasteiger partial charge in [-0.1, -0.05) is 47.5 Å². The molecule has 170 valence electrons. The van der Waals surface area contributed by atoms with Gasteiger partial charge in [0.05, 0.1) is 36.0 Å². The van der Waals surface area contributed by atoms with E-state index in [-0.39, 0.29) is 6.04 Å². The molecule has 6 rings (SSSR count). The molecule has 1 unspecified atom stereocenters. The lowest BCUT2D eigenvalue weighted by molar-refractivity contribution is 0.294. The van der Waals surface area contributed by atoms with Crippen molar-refractivity contribution in [1.29, 1.82) is 0 Å². The van der Waals surface area contributed by atoms with E-state index < -0.39 is 0 Å². The maximum absolute atomic E-state index is 6.53. The lowest BCUT2D eigenvalue weighted by Gasteiger charge is -2.28. The molecule has 0 bridgehead atoms. The van der Waals surface area contributed by atoms with Crippen LogP contribution in [0.3, 0.4) is 0 Å². The Morgan fingerprint density at radius 2 is 1.97 bits per heavy atom. The first kappa shape index (κ1) is 21.3. The molecule has 5 aromatic rings. The number of hydrogen-bond donors (Lipinski definition) is 1. The standard InChI is InChI=1S/C27H22Cl2N4O/c28-18-9-7-17(8-10-18)15-34-27-11-21-22(12-31-24(21)13-32-27)26-14-30-16-33(26)25-6-2-3-19-20(25)4-1-5-23(19)29/h1,4-5,7-14,16,25,31H,2-3,6,15H2. The van der Waals surface area contributed by atoms with Gasteiger partial charge >= 0.3 is 0 Å². The first-order valence-electron chi connectivity index (χ1n) is 11.3. The molecule has 1 atom stereocenters. The minimum atomic E-state index is 0.201. The summed E-state index contributed by atoms with van der Waals surface area (Å²) in [6.07, 6.45) is 10.8. The first-order chi connectivity index (χ1) is 16.7. The van der Waals surface area contributed by atoms with Crippen molar-refractivity contribution in [2.24, 2.45) is 0 Å². The van der Waals surface area contributed by atoms with Crippen molar-refractivity contribution >= 4 is 34.1 Å². The Morgan fingerprint density at radius 3 is 2.85 bits per heavy atom. The summed E-state index contributed by atoms with van der Waals surface area (Å²) in [5, 5.41) is 2.61. The predicted octanol–water partition coefficient (Wildman–Crippen LogP) is 7.24. The number of halogens is 2. The number of pyridine rings is 1. The number of H-pyrrole nitrogens is 1. The molecule has 0 saturated heterocycles. The summed E-state index contributed by atoms with van der Waals surface area (Å²) in [7, 11) is 0. The highest BCUT2D eigenvalue weighted by Gasteiger charge is 2.25.